The quantitative estimate of drug-likeness (QED) is 0.796. The Hall–Kier alpha value is -1.27. The molecule has 122 valence electrons. The minimum Gasteiger partial charge on any atom is -0.493 e. The van der Waals surface area contributed by atoms with Crippen LogP contribution in [0, 0.1) is 0 Å². The fourth-order valence-electron chi connectivity index (χ4n) is 2.74. The Morgan fingerprint density at radius 3 is 2.91 bits per heavy atom. The van der Waals surface area contributed by atoms with Gasteiger partial charge in [0.2, 0.25) is 0 Å². The summed E-state index contributed by atoms with van der Waals surface area (Å²) >= 11 is 3.52. The molecule has 22 heavy (non-hydrogen) atoms. The Kier molecular flexibility index (Phi) is 6.08. The molecule has 0 amide bonds. The van der Waals surface area contributed by atoms with Gasteiger partial charge < -0.3 is 14.6 Å². The lowest BCUT2D eigenvalue weighted by Gasteiger charge is -2.22. The van der Waals surface area contributed by atoms with E-state index in [-0.39, 0.29) is 6.04 Å². The number of benzene rings is 1. The zero-order valence-corrected chi connectivity index (χ0v) is 14.6. The standard InChI is InChI=1S/C16H22BrNO4/c1-3-7-22-15-12(17)8-11(9-14(15)21-2)10-18-6-4-5-13(18)16(19)20/h8-9,13H,3-7,10H2,1-2H3,(H,19,20)/t13-/m0/s1. The molecular weight excluding hydrogens is 350 g/mol. The molecule has 6 heteroatoms. The number of hydrogen-bond acceptors (Lipinski definition) is 4. The van der Waals surface area contributed by atoms with E-state index in [1.54, 1.807) is 7.11 Å². The predicted molar refractivity (Wildman–Crippen MR) is 87.5 cm³/mol. The Labute approximate surface area is 139 Å². The zero-order valence-electron chi connectivity index (χ0n) is 13.0. The van der Waals surface area contributed by atoms with Crippen LogP contribution in [0.3, 0.4) is 0 Å². The molecule has 1 heterocycles. The van der Waals surface area contributed by atoms with Gasteiger partial charge in [0.05, 0.1) is 18.2 Å². The van der Waals surface area contributed by atoms with E-state index in [1.807, 2.05) is 24.0 Å². The molecule has 0 aliphatic carbocycles. The Morgan fingerprint density at radius 1 is 1.50 bits per heavy atom. The van der Waals surface area contributed by atoms with E-state index in [4.69, 9.17) is 9.47 Å². The average molecular weight is 372 g/mol. The number of ether oxygens (including phenoxy) is 2. The lowest BCUT2D eigenvalue weighted by Crippen LogP contribution is -2.35. The van der Waals surface area contributed by atoms with Gasteiger partial charge >= 0.3 is 5.97 Å². The maximum absolute atomic E-state index is 11.3. The monoisotopic (exact) mass is 371 g/mol. The Balaban J connectivity index is 2.18. The third-order valence-electron chi connectivity index (χ3n) is 3.77. The van der Waals surface area contributed by atoms with Gasteiger partial charge in [-0.1, -0.05) is 6.92 Å². The molecule has 0 aromatic heterocycles. The number of likely N-dealkylation sites (tertiary alicyclic amines) is 1. The molecule has 5 nitrogen and oxygen atoms in total. The van der Waals surface area contributed by atoms with Crippen LogP contribution in [0.5, 0.6) is 11.5 Å². The van der Waals surface area contributed by atoms with Crippen molar-refractivity contribution in [2.75, 3.05) is 20.3 Å². The number of halogens is 1. The van der Waals surface area contributed by atoms with Gasteiger partial charge in [0.15, 0.2) is 11.5 Å². The van der Waals surface area contributed by atoms with Gasteiger partial charge in [0.1, 0.15) is 6.04 Å². The van der Waals surface area contributed by atoms with E-state index in [0.29, 0.717) is 31.1 Å². The molecule has 1 aliphatic rings. The summed E-state index contributed by atoms with van der Waals surface area (Å²) in [5, 5.41) is 9.26. The van der Waals surface area contributed by atoms with Gasteiger partial charge in [-0.15, -0.1) is 0 Å². The highest BCUT2D eigenvalue weighted by molar-refractivity contribution is 9.10. The van der Waals surface area contributed by atoms with Crippen LogP contribution in [0.4, 0.5) is 0 Å². The second-order valence-electron chi connectivity index (χ2n) is 5.42. The summed E-state index contributed by atoms with van der Waals surface area (Å²) in [5.74, 6) is 0.625. The lowest BCUT2D eigenvalue weighted by atomic mass is 10.1. The van der Waals surface area contributed by atoms with Gasteiger partial charge in [-0.25, -0.2) is 0 Å². The highest BCUT2D eigenvalue weighted by Gasteiger charge is 2.30. The third-order valence-corrected chi connectivity index (χ3v) is 4.36. The van der Waals surface area contributed by atoms with Crippen LogP contribution in [0.2, 0.25) is 0 Å². The van der Waals surface area contributed by atoms with E-state index in [0.717, 1.165) is 29.4 Å². The number of nitrogens with zero attached hydrogens (tertiary/aromatic N) is 1. The van der Waals surface area contributed by atoms with E-state index < -0.39 is 5.97 Å². The number of aliphatic carboxylic acids is 1. The summed E-state index contributed by atoms with van der Waals surface area (Å²) in [6.45, 7) is 4.08. The summed E-state index contributed by atoms with van der Waals surface area (Å²) in [5.41, 5.74) is 1.01. The smallest absolute Gasteiger partial charge is 0.320 e. The van der Waals surface area contributed by atoms with Gasteiger partial charge in [-0.2, -0.15) is 0 Å². The zero-order chi connectivity index (χ0) is 16.1. The molecule has 1 saturated heterocycles. The van der Waals surface area contributed by atoms with Crippen molar-refractivity contribution >= 4 is 21.9 Å². The van der Waals surface area contributed by atoms with E-state index >= 15 is 0 Å². The summed E-state index contributed by atoms with van der Waals surface area (Å²) in [4.78, 5) is 13.3. The van der Waals surface area contributed by atoms with Gasteiger partial charge in [0, 0.05) is 6.54 Å². The van der Waals surface area contributed by atoms with Crippen LogP contribution in [0.25, 0.3) is 0 Å². The fourth-order valence-corrected chi connectivity index (χ4v) is 3.34. The van der Waals surface area contributed by atoms with Crippen molar-refractivity contribution in [3.8, 4) is 11.5 Å². The minimum atomic E-state index is -0.744. The van der Waals surface area contributed by atoms with E-state index in [1.165, 1.54) is 0 Å². The number of rotatable bonds is 7. The van der Waals surface area contributed by atoms with Crippen molar-refractivity contribution in [3.63, 3.8) is 0 Å². The van der Waals surface area contributed by atoms with Crippen molar-refractivity contribution in [1.29, 1.82) is 0 Å². The number of carboxylic acids is 1. The molecule has 1 N–H and O–H groups in total. The van der Waals surface area contributed by atoms with Crippen molar-refractivity contribution < 1.29 is 19.4 Å². The summed E-state index contributed by atoms with van der Waals surface area (Å²) in [7, 11) is 1.61. The molecule has 0 bridgehead atoms. The average Bonchev–Trinajstić information content (AvgIpc) is 2.94. The van der Waals surface area contributed by atoms with Gasteiger partial charge in [-0.05, 0) is 59.4 Å². The minimum absolute atomic E-state index is 0.388. The molecular formula is C16H22BrNO4. The number of carbonyl (C=O) groups is 1. The van der Waals surface area contributed by atoms with E-state index in [9.17, 15) is 9.90 Å². The maximum Gasteiger partial charge on any atom is 0.320 e. The largest absolute Gasteiger partial charge is 0.493 e. The summed E-state index contributed by atoms with van der Waals surface area (Å²) in [6, 6.07) is 3.51. The Bertz CT molecular complexity index is 535. The molecule has 1 aliphatic heterocycles. The summed E-state index contributed by atoms with van der Waals surface area (Å²) in [6.07, 6.45) is 2.56. The molecule has 0 spiro atoms. The summed E-state index contributed by atoms with van der Waals surface area (Å²) < 4.78 is 12.0. The second kappa shape index (κ2) is 7.83. The van der Waals surface area contributed by atoms with Crippen molar-refractivity contribution in [3.05, 3.63) is 22.2 Å². The first kappa shape index (κ1) is 17.1. The van der Waals surface area contributed by atoms with Crippen molar-refractivity contribution in [2.45, 2.75) is 38.8 Å². The molecule has 1 aromatic carbocycles. The van der Waals surface area contributed by atoms with Crippen LogP contribution < -0.4 is 9.47 Å². The SMILES string of the molecule is CCCOc1c(Br)cc(CN2CCC[C@H]2C(=O)O)cc1OC. The van der Waals surface area contributed by atoms with Crippen LogP contribution in [-0.4, -0.2) is 42.3 Å². The topological polar surface area (TPSA) is 59.0 Å². The van der Waals surface area contributed by atoms with Crippen LogP contribution in [-0.2, 0) is 11.3 Å². The molecule has 0 radical (unpaired) electrons. The highest BCUT2D eigenvalue weighted by atomic mass is 79.9. The highest BCUT2D eigenvalue weighted by Crippen LogP contribution is 2.37. The second-order valence-corrected chi connectivity index (χ2v) is 6.28. The van der Waals surface area contributed by atoms with Crippen LogP contribution >= 0.6 is 15.9 Å². The first-order valence-corrected chi connectivity index (χ1v) is 8.32. The van der Waals surface area contributed by atoms with Gasteiger partial charge in [0.25, 0.3) is 0 Å². The number of hydrogen-bond donors (Lipinski definition) is 1. The molecule has 1 atom stereocenters. The molecule has 0 saturated carbocycles. The maximum atomic E-state index is 11.3. The molecule has 0 unspecified atom stereocenters. The molecule has 2 rings (SSSR count). The van der Waals surface area contributed by atoms with Crippen LogP contribution in [0.1, 0.15) is 31.7 Å². The van der Waals surface area contributed by atoms with Crippen molar-refractivity contribution in [1.82, 2.24) is 4.90 Å². The predicted octanol–water partition coefficient (Wildman–Crippen LogP) is 3.30. The van der Waals surface area contributed by atoms with Crippen molar-refractivity contribution in [2.24, 2.45) is 0 Å². The van der Waals surface area contributed by atoms with Crippen LogP contribution in [0.15, 0.2) is 16.6 Å². The number of carboxylic acid groups (broad SMARTS) is 1. The molecule has 1 fully saturated rings. The molecule has 1 aromatic rings. The van der Waals surface area contributed by atoms with E-state index in [2.05, 4.69) is 15.9 Å². The lowest BCUT2D eigenvalue weighted by molar-refractivity contribution is -0.142. The normalized spacial score (nSPS) is 18.4. The first-order chi connectivity index (χ1) is 10.6. The Morgan fingerprint density at radius 2 is 2.27 bits per heavy atom. The number of methoxy groups -OCH3 is 1. The first-order valence-electron chi connectivity index (χ1n) is 7.52. The van der Waals surface area contributed by atoms with Gasteiger partial charge in [-0.3, -0.25) is 9.69 Å². The fraction of sp³-hybridized carbons (Fsp3) is 0.562. The third kappa shape index (κ3) is 3.93.